The molecule has 3 aliphatic rings. The van der Waals surface area contributed by atoms with E-state index in [4.69, 9.17) is 28.8 Å². The number of hydrogen-bond acceptors (Lipinski definition) is 7. The van der Waals surface area contributed by atoms with Gasteiger partial charge < -0.3 is 34.1 Å². The summed E-state index contributed by atoms with van der Waals surface area (Å²) in [6, 6.07) is 0. The first kappa shape index (κ1) is 16.6. The van der Waals surface area contributed by atoms with Crippen LogP contribution >= 0.6 is 0 Å². The van der Waals surface area contributed by atoms with E-state index in [0.717, 1.165) is 0 Å². The molecular weight excluding hydrogens is 310 g/mol. The maximum atomic E-state index is 12.3. The van der Waals surface area contributed by atoms with Gasteiger partial charge in [0.2, 0.25) is 0 Å². The summed E-state index contributed by atoms with van der Waals surface area (Å²) in [5.74, 6) is -3.51. The molecule has 1 amide bonds. The Morgan fingerprint density at radius 3 is 2.17 bits per heavy atom. The summed E-state index contributed by atoms with van der Waals surface area (Å²) < 4.78 is 28.8. The van der Waals surface area contributed by atoms with Gasteiger partial charge in [-0.15, -0.1) is 0 Å². The molecule has 0 aromatic heterocycles. The lowest BCUT2D eigenvalue weighted by Crippen LogP contribution is -2.59. The number of carbonyl (C=O) groups is 2. The van der Waals surface area contributed by atoms with Crippen molar-refractivity contribution in [3.63, 3.8) is 0 Å². The summed E-state index contributed by atoms with van der Waals surface area (Å²) in [4.78, 5) is 22.9. The number of ether oxygens (including phenoxy) is 5. The summed E-state index contributed by atoms with van der Waals surface area (Å²) in [6.07, 6.45) is -3.62. The quantitative estimate of drug-likeness (QED) is 0.717. The van der Waals surface area contributed by atoms with E-state index in [1.54, 1.807) is 27.7 Å². The van der Waals surface area contributed by atoms with Crippen molar-refractivity contribution in [3.05, 3.63) is 0 Å². The minimum atomic E-state index is -1.14. The molecule has 3 saturated heterocycles. The third-order valence-electron chi connectivity index (χ3n) is 3.83. The minimum absolute atomic E-state index is 0.503. The zero-order valence-electron chi connectivity index (χ0n) is 13.4. The van der Waals surface area contributed by atoms with Crippen LogP contribution in [0, 0.1) is 0 Å². The Bertz CT molecular complexity index is 519. The summed E-state index contributed by atoms with van der Waals surface area (Å²) in [5.41, 5.74) is 0. The lowest BCUT2D eigenvalue weighted by atomic mass is 9.98. The van der Waals surface area contributed by atoms with Crippen LogP contribution in [-0.2, 0) is 33.3 Å². The highest BCUT2D eigenvalue weighted by atomic mass is 16.9. The van der Waals surface area contributed by atoms with E-state index >= 15 is 0 Å². The molecule has 0 unspecified atom stereocenters. The molecule has 3 aliphatic heterocycles. The van der Waals surface area contributed by atoms with Crippen molar-refractivity contribution in [2.24, 2.45) is 0 Å². The second-order valence-corrected chi connectivity index (χ2v) is 6.70. The molecular formula is C14H21NO8. The highest BCUT2D eigenvalue weighted by Gasteiger charge is 2.62. The Morgan fingerprint density at radius 2 is 1.52 bits per heavy atom. The fourth-order valence-corrected chi connectivity index (χ4v) is 3.09. The topological polar surface area (TPSA) is 113 Å². The van der Waals surface area contributed by atoms with Crippen molar-refractivity contribution < 1.29 is 38.4 Å². The molecule has 3 heterocycles. The number of fused-ring (bicyclic) bond motifs is 3. The monoisotopic (exact) mass is 331 g/mol. The van der Waals surface area contributed by atoms with Crippen LogP contribution in [0.2, 0.25) is 0 Å². The van der Waals surface area contributed by atoms with Crippen molar-refractivity contribution in [1.29, 1.82) is 0 Å². The summed E-state index contributed by atoms with van der Waals surface area (Å²) >= 11 is 0. The molecule has 0 aromatic rings. The lowest BCUT2D eigenvalue weighted by molar-refractivity contribution is -0.231. The minimum Gasteiger partial charge on any atom is -0.480 e. The highest BCUT2D eigenvalue weighted by molar-refractivity contribution is 5.85. The maximum Gasteiger partial charge on any atom is 0.322 e. The SMILES string of the molecule is CC1(C)O[C@@H]2O[C@H](C(=O)NCC(=O)O)[C@@H]3OC(C)(C)O[C@@H]3[C@@H]2O1. The maximum absolute atomic E-state index is 12.3. The zero-order valence-corrected chi connectivity index (χ0v) is 13.4. The van der Waals surface area contributed by atoms with Crippen molar-refractivity contribution in [2.45, 2.75) is 70.0 Å². The van der Waals surface area contributed by atoms with Gasteiger partial charge in [-0.25, -0.2) is 0 Å². The lowest BCUT2D eigenvalue weighted by Gasteiger charge is -2.36. The fourth-order valence-electron chi connectivity index (χ4n) is 3.09. The Morgan fingerprint density at radius 1 is 0.957 bits per heavy atom. The van der Waals surface area contributed by atoms with Crippen molar-refractivity contribution in [2.75, 3.05) is 6.54 Å². The van der Waals surface area contributed by atoms with Crippen LogP contribution < -0.4 is 5.32 Å². The smallest absolute Gasteiger partial charge is 0.322 e. The number of nitrogens with one attached hydrogen (secondary N) is 1. The molecule has 130 valence electrons. The first-order chi connectivity index (χ1) is 10.6. The van der Waals surface area contributed by atoms with E-state index in [1.165, 1.54) is 0 Å². The van der Waals surface area contributed by atoms with Crippen LogP contribution in [0.3, 0.4) is 0 Å². The average Bonchev–Trinajstić information content (AvgIpc) is 2.89. The van der Waals surface area contributed by atoms with Crippen LogP contribution in [0.15, 0.2) is 0 Å². The van der Waals surface area contributed by atoms with E-state index in [0.29, 0.717) is 0 Å². The molecule has 23 heavy (non-hydrogen) atoms. The molecule has 0 spiro atoms. The third kappa shape index (κ3) is 3.20. The predicted octanol–water partition coefficient (Wildman–Crippen LogP) is -0.416. The van der Waals surface area contributed by atoms with Crippen LogP contribution in [0.4, 0.5) is 0 Å². The van der Waals surface area contributed by atoms with Crippen LogP contribution in [-0.4, -0.2) is 65.8 Å². The van der Waals surface area contributed by atoms with Gasteiger partial charge in [-0.05, 0) is 27.7 Å². The van der Waals surface area contributed by atoms with Crippen molar-refractivity contribution in [1.82, 2.24) is 5.32 Å². The molecule has 0 aliphatic carbocycles. The van der Waals surface area contributed by atoms with Gasteiger partial charge in [-0.2, -0.15) is 0 Å². The van der Waals surface area contributed by atoms with Gasteiger partial charge in [-0.3, -0.25) is 9.59 Å². The predicted molar refractivity (Wildman–Crippen MR) is 73.2 cm³/mol. The molecule has 2 N–H and O–H groups in total. The number of carbonyl (C=O) groups excluding carboxylic acids is 1. The normalized spacial score (nSPS) is 40.3. The standard InChI is InChI=1S/C14H21NO8/c1-13(2)20-7-8(21-13)10-12(23-14(3,4)22-10)19-9(7)11(18)15-5-6(16)17/h7-10,12H,5H2,1-4H3,(H,15,18)(H,16,17)/t7-,8+,9+,10+,12+/m1/s1. The molecule has 0 radical (unpaired) electrons. The summed E-state index contributed by atoms with van der Waals surface area (Å²) in [7, 11) is 0. The van der Waals surface area contributed by atoms with Gasteiger partial charge >= 0.3 is 5.97 Å². The van der Waals surface area contributed by atoms with Gasteiger partial charge in [-0.1, -0.05) is 0 Å². The molecule has 9 heteroatoms. The number of aliphatic carboxylic acids is 1. The van der Waals surface area contributed by atoms with Crippen LogP contribution in [0.1, 0.15) is 27.7 Å². The molecule has 0 bridgehead atoms. The average molecular weight is 331 g/mol. The third-order valence-corrected chi connectivity index (χ3v) is 3.83. The number of carboxylic acids is 1. The number of hydrogen-bond donors (Lipinski definition) is 2. The first-order valence-electron chi connectivity index (χ1n) is 7.44. The largest absolute Gasteiger partial charge is 0.480 e. The highest BCUT2D eigenvalue weighted by Crippen LogP contribution is 2.44. The van der Waals surface area contributed by atoms with Gasteiger partial charge in [0.1, 0.15) is 24.9 Å². The molecule has 9 nitrogen and oxygen atoms in total. The molecule has 0 saturated carbocycles. The summed E-state index contributed by atoms with van der Waals surface area (Å²) in [6.45, 7) is 6.44. The van der Waals surface area contributed by atoms with Gasteiger partial charge in [0, 0.05) is 0 Å². The van der Waals surface area contributed by atoms with E-state index in [1.807, 2.05) is 0 Å². The van der Waals surface area contributed by atoms with Crippen LogP contribution in [0.5, 0.6) is 0 Å². The van der Waals surface area contributed by atoms with Gasteiger partial charge in [0.15, 0.2) is 24.0 Å². The van der Waals surface area contributed by atoms with E-state index in [9.17, 15) is 9.59 Å². The zero-order chi connectivity index (χ0) is 17.0. The van der Waals surface area contributed by atoms with Crippen LogP contribution in [0.25, 0.3) is 0 Å². The second kappa shape index (κ2) is 5.38. The van der Waals surface area contributed by atoms with Crippen molar-refractivity contribution >= 4 is 11.9 Å². The van der Waals surface area contributed by atoms with Gasteiger partial charge in [0.05, 0.1) is 0 Å². The molecule has 3 rings (SSSR count). The fraction of sp³-hybridized carbons (Fsp3) is 0.857. The van der Waals surface area contributed by atoms with E-state index in [2.05, 4.69) is 5.32 Å². The second-order valence-electron chi connectivity index (χ2n) is 6.70. The number of amides is 1. The Kier molecular flexibility index (Phi) is 3.88. The molecule has 3 fully saturated rings. The Hall–Kier alpha value is -1.26. The number of rotatable bonds is 3. The summed E-state index contributed by atoms with van der Waals surface area (Å²) in [5, 5.41) is 11.0. The van der Waals surface area contributed by atoms with E-state index < -0.39 is 60.7 Å². The molecule has 0 aromatic carbocycles. The van der Waals surface area contributed by atoms with Crippen molar-refractivity contribution in [3.8, 4) is 0 Å². The Labute approximate surface area is 133 Å². The first-order valence-corrected chi connectivity index (χ1v) is 7.44. The molecule has 5 atom stereocenters. The number of carboxylic acid groups (broad SMARTS) is 1. The van der Waals surface area contributed by atoms with E-state index in [-0.39, 0.29) is 0 Å². The van der Waals surface area contributed by atoms with Gasteiger partial charge in [0.25, 0.3) is 5.91 Å². The Balaban J connectivity index is 1.81.